The van der Waals surface area contributed by atoms with Gasteiger partial charge in [-0.1, -0.05) is 30.3 Å². The van der Waals surface area contributed by atoms with Crippen molar-refractivity contribution in [2.75, 3.05) is 46.0 Å². The van der Waals surface area contributed by atoms with Crippen LogP contribution in [0.3, 0.4) is 0 Å². The zero-order valence-corrected chi connectivity index (χ0v) is 18.4. The summed E-state index contributed by atoms with van der Waals surface area (Å²) < 4.78 is 11.2. The van der Waals surface area contributed by atoms with Gasteiger partial charge in [0.05, 0.1) is 32.5 Å². The molecule has 0 amide bonds. The van der Waals surface area contributed by atoms with Crippen LogP contribution in [0.2, 0.25) is 0 Å². The highest BCUT2D eigenvalue weighted by atomic mass is 127. The number of halogens is 1. The van der Waals surface area contributed by atoms with E-state index in [2.05, 4.69) is 22.1 Å². The lowest BCUT2D eigenvalue weighted by Crippen LogP contribution is -2.42. The first kappa shape index (κ1) is 22.4. The molecule has 7 heteroatoms. The number of nitrogens with one attached hydrogen (secondary N) is 1. The molecule has 0 aromatic heterocycles. The molecule has 6 nitrogen and oxygen atoms in total. The molecule has 3 rings (SSSR count). The summed E-state index contributed by atoms with van der Waals surface area (Å²) in [6.07, 6.45) is 1.69. The van der Waals surface area contributed by atoms with E-state index in [-0.39, 0.29) is 30.6 Å². The fraction of sp³-hybridized carbons (Fsp3) is 0.650. The summed E-state index contributed by atoms with van der Waals surface area (Å²) in [5.74, 6) is 0.887. The minimum atomic E-state index is -0.598. The molecule has 2 aliphatic rings. The molecule has 2 aliphatic heterocycles. The van der Waals surface area contributed by atoms with E-state index >= 15 is 0 Å². The molecule has 1 spiro atoms. The van der Waals surface area contributed by atoms with Crippen molar-refractivity contribution in [1.82, 2.24) is 10.2 Å². The van der Waals surface area contributed by atoms with Gasteiger partial charge in [-0.25, -0.2) is 0 Å². The summed E-state index contributed by atoms with van der Waals surface area (Å²) in [6, 6.07) is 9.99. The normalized spacial score (nSPS) is 23.5. The Morgan fingerprint density at radius 2 is 2.19 bits per heavy atom. The van der Waals surface area contributed by atoms with Crippen LogP contribution in [-0.4, -0.2) is 68.1 Å². The smallest absolute Gasteiger partial charge is 0.194 e. The fourth-order valence-corrected chi connectivity index (χ4v) is 3.64. The topological polar surface area (TPSA) is 66.3 Å². The second-order valence-electron chi connectivity index (χ2n) is 7.32. The summed E-state index contributed by atoms with van der Waals surface area (Å²) in [5, 5.41) is 13.5. The summed E-state index contributed by atoms with van der Waals surface area (Å²) in [5.41, 5.74) is 1.41. The number of ether oxygens (including phenoxy) is 2. The summed E-state index contributed by atoms with van der Waals surface area (Å²) in [6.45, 7) is 7.75. The molecule has 2 unspecified atom stereocenters. The number of benzene rings is 1. The number of likely N-dealkylation sites (tertiary alicyclic amines) is 1. The zero-order chi connectivity index (χ0) is 18.2. The molecule has 2 saturated heterocycles. The summed E-state index contributed by atoms with van der Waals surface area (Å²) in [7, 11) is 0. The van der Waals surface area contributed by atoms with Gasteiger partial charge in [0.1, 0.15) is 0 Å². The predicted molar refractivity (Wildman–Crippen MR) is 118 cm³/mol. The summed E-state index contributed by atoms with van der Waals surface area (Å²) in [4.78, 5) is 6.94. The molecule has 1 aromatic rings. The van der Waals surface area contributed by atoms with E-state index in [1.165, 1.54) is 0 Å². The quantitative estimate of drug-likeness (QED) is 0.350. The van der Waals surface area contributed by atoms with Crippen molar-refractivity contribution in [3.63, 3.8) is 0 Å². The van der Waals surface area contributed by atoms with E-state index in [1.807, 2.05) is 30.3 Å². The Bertz CT molecular complexity index is 579. The van der Waals surface area contributed by atoms with Crippen molar-refractivity contribution < 1.29 is 14.6 Å². The third-order valence-corrected chi connectivity index (χ3v) is 5.13. The van der Waals surface area contributed by atoms with Crippen molar-refractivity contribution in [1.29, 1.82) is 0 Å². The predicted octanol–water partition coefficient (Wildman–Crippen LogP) is 2.26. The number of rotatable bonds is 7. The zero-order valence-electron chi connectivity index (χ0n) is 16.1. The molecule has 0 aliphatic carbocycles. The molecular formula is C20H32IN3O3. The van der Waals surface area contributed by atoms with Gasteiger partial charge < -0.3 is 24.8 Å². The molecular weight excluding hydrogens is 457 g/mol. The highest BCUT2D eigenvalue weighted by Gasteiger charge is 2.42. The van der Waals surface area contributed by atoms with E-state index in [9.17, 15) is 5.11 Å². The van der Waals surface area contributed by atoms with Crippen LogP contribution in [0, 0.1) is 5.41 Å². The minimum absolute atomic E-state index is 0. The lowest BCUT2D eigenvalue weighted by atomic mass is 9.87. The SMILES string of the molecule is CCNC(=NCC(O)COCc1ccccc1)N1CCC2(CCOC2)C1.I. The molecule has 0 radical (unpaired) electrons. The highest BCUT2D eigenvalue weighted by Crippen LogP contribution is 2.38. The largest absolute Gasteiger partial charge is 0.389 e. The van der Waals surface area contributed by atoms with Gasteiger partial charge in [-0.2, -0.15) is 0 Å². The van der Waals surface area contributed by atoms with Gasteiger partial charge in [-0.05, 0) is 25.3 Å². The second-order valence-corrected chi connectivity index (χ2v) is 7.32. The average molecular weight is 489 g/mol. The molecule has 152 valence electrons. The molecule has 0 saturated carbocycles. The Morgan fingerprint density at radius 3 is 2.89 bits per heavy atom. The van der Waals surface area contributed by atoms with Crippen LogP contribution in [0.15, 0.2) is 35.3 Å². The number of hydrogen-bond donors (Lipinski definition) is 2. The van der Waals surface area contributed by atoms with E-state index in [4.69, 9.17) is 9.47 Å². The first-order chi connectivity index (χ1) is 12.7. The van der Waals surface area contributed by atoms with Crippen molar-refractivity contribution >= 4 is 29.9 Å². The first-order valence-corrected chi connectivity index (χ1v) is 9.61. The molecule has 0 bridgehead atoms. The lowest BCUT2D eigenvalue weighted by molar-refractivity contribution is 0.0330. The fourth-order valence-electron chi connectivity index (χ4n) is 3.64. The van der Waals surface area contributed by atoms with Crippen LogP contribution in [0.1, 0.15) is 25.3 Å². The minimum Gasteiger partial charge on any atom is -0.389 e. The standard InChI is InChI=1S/C20H31N3O3.HI/c1-2-21-19(23-10-8-20(15-23)9-11-25-16-20)22-12-18(24)14-26-13-17-6-4-3-5-7-17;/h3-7,18,24H,2,8-16H2,1H3,(H,21,22);1H. The maximum atomic E-state index is 10.2. The number of aliphatic hydroxyl groups excluding tert-OH is 1. The second kappa shape index (κ2) is 11.2. The van der Waals surface area contributed by atoms with Crippen molar-refractivity contribution in [3.05, 3.63) is 35.9 Å². The van der Waals surface area contributed by atoms with Crippen molar-refractivity contribution in [2.45, 2.75) is 32.5 Å². The Hall–Kier alpha value is -0.900. The van der Waals surface area contributed by atoms with Gasteiger partial charge in [0, 0.05) is 31.7 Å². The number of guanidine groups is 1. The van der Waals surface area contributed by atoms with E-state index in [1.54, 1.807) is 0 Å². The van der Waals surface area contributed by atoms with Crippen LogP contribution < -0.4 is 5.32 Å². The van der Waals surface area contributed by atoms with Gasteiger partial charge in [0.25, 0.3) is 0 Å². The van der Waals surface area contributed by atoms with E-state index in [0.29, 0.717) is 18.6 Å². The van der Waals surface area contributed by atoms with Crippen LogP contribution in [-0.2, 0) is 16.1 Å². The third kappa shape index (κ3) is 6.58. The van der Waals surface area contributed by atoms with Crippen LogP contribution in [0.4, 0.5) is 0 Å². The average Bonchev–Trinajstić information content (AvgIpc) is 3.30. The van der Waals surface area contributed by atoms with Gasteiger partial charge in [-0.15, -0.1) is 24.0 Å². The first-order valence-electron chi connectivity index (χ1n) is 9.61. The summed E-state index contributed by atoms with van der Waals surface area (Å²) >= 11 is 0. The van der Waals surface area contributed by atoms with Gasteiger partial charge in [-0.3, -0.25) is 4.99 Å². The molecule has 2 fully saturated rings. The number of hydrogen-bond acceptors (Lipinski definition) is 4. The molecule has 2 atom stereocenters. The molecule has 1 aromatic carbocycles. The van der Waals surface area contributed by atoms with Crippen molar-refractivity contribution in [2.24, 2.45) is 10.4 Å². The van der Waals surface area contributed by atoms with E-state index in [0.717, 1.165) is 57.2 Å². The lowest BCUT2D eigenvalue weighted by Gasteiger charge is -2.25. The molecule has 27 heavy (non-hydrogen) atoms. The number of nitrogens with zero attached hydrogens (tertiary/aromatic N) is 2. The van der Waals surface area contributed by atoms with Crippen molar-refractivity contribution in [3.8, 4) is 0 Å². The Labute approximate surface area is 179 Å². The Kier molecular flexibility index (Phi) is 9.28. The molecule has 2 heterocycles. The Morgan fingerprint density at radius 1 is 1.37 bits per heavy atom. The van der Waals surface area contributed by atoms with Gasteiger partial charge >= 0.3 is 0 Å². The van der Waals surface area contributed by atoms with Gasteiger partial charge in [0.2, 0.25) is 0 Å². The number of aliphatic hydroxyl groups is 1. The third-order valence-electron chi connectivity index (χ3n) is 5.13. The monoisotopic (exact) mass is 489 g/mol. The van der Waals surface area contributed by atoms with Crippen LogP contribution >= 0.6 is 24.0 Å². The van der Waals surface area contributed by atoms with Crippen LogP contribution in [0.5, 0.6) is 0 Å². The van der Waals surface area contributed by atoms with E-state index < -0.39 is 6.10 Å². The Balaban J connectivity index is 0.00000261. The van der Waals surface area contributed by atoms with Gasteiger partial charge in [0.15, 0.2) is 5.96 Å². The highest BCUT2D eigenvalue weighted by molar-refractivity contribution is 14.0. The number of aliphatic imine (C=N–C) groups is 1. The molecule has 2 N–H and O–H groups in total. The maximum absolute atomic E-state index is 10.2. The van der Waals surface area contributed by atoms with Crippen LogP contribution in [0.25, 0.3) is 0 Å². The maximum Gasteiger partial charge on any atom is 0.194 e.